The molecule has 19 heavy (non-hydrogen) atoms. The molecule has 2 rings (SSSR count). The van der Waals surface area contributed by atoms with Crippen molar-refractivity contribution in [2.24, 2.45) is 0 Å². The molecular weight excluding hydrogens is 285 g/mol. The Morgan fingerprint density at radius 3 is 2.58 bits per heavy atom. The summed E-state index contributed by atoms with van der Waals surface area (Å²) in [5, 5.41) is 3.52. The standard InChI is InChI=1S/C14H11Cl2NO2/c1-19-11-4-2-3-10(8-11)17-14(18)9-5-6-12(15)13(16)7-9/h2-8H,1H3,(H,17,18). The molecule has 5 heteroatoms. The maximum absolute atomic E-state index is 12.0. The van der Waals surface area contributed by atoms with Gasteiger partial charge in [-0.1, -0.05) is 29.3 Å². The second-order valence-electron chi connectivity index (χ2n) is 3.81. The number of methoxy groups -OCH3 is 1. The molecule has 0 aliphatic heterocycles. The van der Waals surface area contributed by atoms with Gasteiger partial charge in [-0.15, -0.1) is 0 Å². The predicted octanol–water partition coefficient (Wildman–Crippen LogP) is 4.25. The minimum atomic E-state index is -0.258. The first-order valence-electron chi connectivity index (χ1n) is 5.50. The Labute approximate surface area is 121 Å². The molecule has 0 bridgehead atoms. The molecule has 3 nitrogen and oxygen atoms in total. The summed E-state index contributed by atoms with van der Waals surface area (Å²) in [6, 6.07) is 11.8. The molecule has 0 atom stereocenters. The Bertz CT molecular complexity index is 614. The van der Waals surface area contributed by atoms with Gasteiger partial charge in [0.05, 0.1) is 17.2 Å². The van der Waals surface area contributed by atoms with Gasteiger partial charge in [0.1, 0.15) is 5.75 Å². The number of anilines is 1. The van der Waals surface area contributed by atoms with Gasteiger partial charge in [-0.2, -0.15) is 0 Å². The molecule has 0 heterocycles. The number of carbonyl (C=O) groups excluding carboxylic acids is 1. The molecule has 1 amide bonds. The van der Waals surface area contributed by atoms with Gasteiger partial charge in [-0.05, 0) is 30.3 Å². The maximum atomic E-state index is 12.0. The van der Waals surface area contributed by atoms with Crippen molar-refractivity contribution in [3.63, 3.8) is 0 Å². The van der Waals surface area contributed by atoms with Crippen LogP contribution in [-0.4, -0.2) is 13.0 Å². The van der Waals surface area contributed by atoms with E-state index in [2.05, 4.69) is 5.32 Å². The maximum Gasteiger partial charge on any atom is 0.255 e. The van der Waals surface area contributed by atoms with Crippen LogP contribution in [0.15, 0.2) is 42.5 Å². The van der Waals surface area contributed by atoms with Crippen molar-refractivity contribution in [1.29, 1.82) is 0 Å². The van der Waals surface area contributed by atoms with Gasteiger partial charge in [0.15, 0.2) is 0 Å². The summed E-state index contributed by atoms with van der Waals surface area (Å²) in [5.41, 5.74) is 1.09. The van der Waals surface area contributed by atoms with Crippen molar-refractivity contribution in [2.75, 3.05) is 12.4 Å². The Balaban J connectivity index is 2.18. The average molecular weight is 296 g/mol. The average Bonchev–Trinajstić information content (AvgIpc) is 2.42. The van der Waals surface area contributed by atoms with Gasteiger partial charge >= 0.3 is 0 Å². The smallest absolute Gasteiger partial charge is 0.255 e. The second kappa shape index (κ2) is 5.95. The molecule has 98 valence electrons. The van der Waals surface area contributed by atoms with Crippen LogP contribution in [-0.2, 0) is 0 Å². The summed E-state index contributed by atoms with van der Waals surface area (Å²) in [4.78, 5) is 12.0. The van der Waals surface area contributed by atoms with E-state index < -0.39 is 0 Å². The third-order valence-electron chi connectivity index (χ3n) is 2.51. The van der Waals surface area contributed by atoms with Crippen molar-refractivity contribution in [2.45, 2.75) is 0 Å². The molecule has 0 saturated heterocycles. The Morgan fingerprint density at radius 1 is 1.11 bits per heavy atom. The lowest BCUT2D eigenvalue weighted by Gasteiger charge is -2.07. The first-order valence-corrected chi connectivity index (χ1v) is 6.26. The number of carbonyl (C=O) groups is 1. The molecule has 2 aromatic rings. The van der Waals surface area contributed by atoms with Crippen LogP contribution in [0.2, 0.25) is 10.0 Å². The highest BCUT2D eigenvalue weighted by molar-refractivity contribution is 6.42. The van der Waals surface area contributed by atoms with E-state index in [1.165, 1.54) is 6.07 Å². The van der Waals surface area contributed by atoms with Crippen LogP contribution in [0.25, 0.3) is 0 Å². The molecule has 0 fully saturated rings. The largest absolute Gasteiger partial charge is 0.497 e. The van der Waals surface area contributed by atoms with Crippen LogP contribution in [0.4, 0.5) is 5.69 Å². The second-order valence-corrected chi connectivity index (χ2v) is 4.63. The Morgan fingerprint density at radius 2 is 1.89 bits per heavy atom. The zero-order valence-electron chi connectivity index (χ0n) is 10.1. The van der Waals surface area contributed by atoms with E-state index in [9.17, 15) is 4.79 Å². The summed E-state index contributed by atoms with van der Waals surface area (Å²) in [6.45, 7) is 0. The Hall–Kier alpha value is -1.71. The van der Waals surface area contributed by atoms with Gasteiger partial charge in [0.2, 0.25) is 0 Å². The van der Waals surface area contributed by atoms with E-state index in [-0.39, 0.29) is 5.91 Å². The zero-order valence-corrected chi connectivity index (χ0v) is 11.6. The van der Waals surface area contributed by atoms with E-state index in [1.807, 2.05) is 0 Å². The highest BCUT2D eigenvalue weighted by Gasteiger charge is 2.08. The van der Waals surface area contributed by atoms with Crippen molar-refractivity contribution < 1.29 is 9.53 Å². The first-order chi connectivity index (χ1) is 9.10. The quantitative estimate of drug-likeness (QED) is 0.919. The molecule has 2 aromatic carbocycles. The number of rotatable bonds is 3. The highest BCUT2D eigenvalue weighted by Crippen LogP contribution is 2.23. The van der Waals surface area contributed by atoms with Crippen LogP contribution in [0.5, 0.6) is 5.75 Å². The lowest BCUT2D eigenvalue weighted by molar-refractivity contribution is 0.102. The molecule has 0 aromatic heterocycles. The minimum Gasteiger partial charge on any atom is -0.497 e. The summed E-state index contributed by atoms with van der Waals surface area (Å²) in [7, 11) is 1.57. The number of ether oxygens (including phenoxy) is 1. The van der Waals surface area contributed by atoms with Crippen molar-refractivity contribution in [3.05, 3.63) is 58.1 Å². The molecule has 0 aliphatic carbocycles. The predicted molar refractivity (Wildman–Crippen MR) is 77.4 cm³/mol. The molecule has 0 radical (unpaired) electrons. The highest BCUT2D eigenvalue weighted by atomic mass is 35.5. The van der Waals surface area contributed by atoms with Crippen molar-refractivity contribution >= 4 is 34.8 Å². The van der Waals surface area contributed by atoms with Gasteiger partial charge in [-0.3, -0.25) is 4.79 Å². The number of nitrogens with one attached hydrogen (secondary N) is 1. The van der Waals surface area contributed by atoms with Crippen molar-refractivity contribution in [1.82, 2.24) is 0 Å². The molecule has 0 unspecified atom stereocenters. The Kier molecular flexibility index (Phi) is 4.30. The fourth-order valence-electron chi connectivity index (χ4n) is 1.54. The van der Waals surface area contributed by atoms with E-state index in [4.69, 9.17) is 27.9 Å². The summed E-state index contributed by atoms with van der Waals surface area (Å²) in [6.07, 6.45) is 0. The zero-order chi connectivity index (χ0) is 13.8. The fraction of sp³-hybridized carbons (Fsp3) is 0.0714. The van der Waals surface area contributed by atoms with E-state index >= 15 is 0 Å². The molecule has 0 spiro atoms. The van der Waals surface area contributed by atoms with Gasteiger partial charge < -0.3 is 10.1 Å². The SMILES string of the molecule is COc1cccc(NC(=O)c2ccc(Cl)c(Cl)c2)c1. The lowest BCUT2D eigenvalue weighted by atomic mass is 10.2. The van der Waals surface area contributed by atoms with Gasteiger partial charge in [-0.25, -0.2) is 0 Å². The number of hydrogen-bond acceptors (Lipinski definition) is 2. The van der Waals surface area contributed by atoms with E-state index in [0.717, 1.165) is 0 Å². The first kappa shape index (κ1) is 13.7. The monoisotopic (exact) mass is 295 g/mol. The van der Waals surface area contributed by atoms with Crippen LogP contribution in [0, 0.1) is 0 Å². The lowest BCUT2D eigenvalue weighted by Crippen LogP contribution is -2.11. The third kappa shape index (κ3) is 3.40. The van der Waals surface area contributed by atoms with E-state index in [0.29, 0.717) is 27.0 Å². The number of amides is 1. The summed E-state index contributed by atoms with van der Waals surface area (Å²) >= 11 is 11.7. The molecule has 0 aliphatic rings. The summed E-state index contributed by atoms with van der Waals surface area (Å²) < 4.78 is 5.09. The molecule has 1 N–H and O–H groups in total. The number of benzene rings is 2. The number of halogens is 2. The molecular formula is C14H11Cl2NO2. The van der Waals surface area contributed by atoms with Crippen LogP contribution in [0.1, 0.15) is 10.4 Å². The topological polar surface area (TPSA) is 38.3 Å². The van der Waals surface area contributed by atoms with Gasteiger partial charge in [0, 0.05) is 17.3 Å². The van der Waals surface area contributed by atoms with E-state index in [1.54, 1.807) is 43.5 Å². The van der Waals surface area contributed by atoms with Gasteiger partial charge in [0.25, 0.3) is 5.91 Å². The third-order valence-corrected chi connectivity index (χ3v) is 3.25. The van der Waals surface area contributed by atoms with Crippen LogP contribution < -0.4 is 10.1 Å². The normalized spacial score (nSPS) is 10.1. The van der Waals surface area contributed by atoms with Crippen molar-refractivity contribution in [3.8, 4) is 5.75 Å². The minimum absolute atomic E-state index is 0.258. The number of hydrogen-bond donors (Lipinski definition) is 1. The summed E-state index contributed by atoms with van der Waals surface area (Å²) in [5.74, 6) is 0.416. The fourth-order valence-corrected chi connectivity index (χ4v) is 1.84. The van der Waals surface area contributed by atoms with Crippen LogP contribution >= 0.6 is 23.2 Å². The van der Waals surface area contributed by atoms with Crippen LogP contribution in [0.3, 0.4) is 0 Å². The molecule has 0 saturated carbocycles.